The quantitative estimate of drug-likeness (QED) is 0.576. The summed E-state index contributed by atoms with van der Waals surface area (Å²) in [6, 6.07) is 3.78. The molecule has 3 N–H and O–H groups in total. The monoisotopic (exact) mass is 154 g/mol. The van der Waals surface area contributed by atoms with E-state index in [1.807, 2.05) is 25.3 Å². The highest BCUT2D eigenvalue weighted by Crippen LogP contribution is 2.04. The maximum absolute atomic E-state index is 9.29. The number of hydrogen-bond donors (Lipinski definition) is 3. The van der Waals surface area contributed by atoms with Crippen LogP contribution < -0.4 is 5.32 Å². The van der Waals surface area contributed by atoms with Crippen molar-refractivity contribution in [2.45, 2.75) is 26.0 Å². The predicted molar refractivity (Wildman–Crippen MR) is 45.3 cm³/mol. The second kappa shape index (κ2) is 4.03. The molecule has 1 atom stereocenters. The van der Waals surface area contributed by atoms with Crippen LogP contribution in [0.25, 0.3) is 0 Å². The molecule has 11 heavy (non-hydrogen) atoms. The third-order valence-electron chi connectivity index (χ3n) is 1.48. The van der Waals surface area contributed by atoms with E-state index in [-0.39, 0.29) is 0 Å². The van der Waals surface area contributed by atoms with Crippen molar-refractivity contribution in [3.8, 4) is 0 Å². The maximum Gasteiger partial charge on any atom is 0.125 e. The Morgan fingerprint density at radius 3 is 3.09 bits per heavy atom. The molecule has 3 heteroatoms. The SMILES string of the molecule is CCCC(O)Nc1ccc[nH]1. The van der Waals surface area contributed by atoms with Crippen molar-refractivity contribution in [1.82, 2.24) is 4.98 Å². The summed E-state index contributed by atoms with van der Waals surface area (Å²) in [4.78, 5) is 2.96. The van der Waals surface area contributed by atoms with Gasteiger partial charge in [0.2, 0.25) is 0 Å². The minimum Gasteiger partial charge on any atom is -0.374 e. The van der Waals surface area contributed by atoms with Crippen LogP contribution >= 0.6 is 0 Å². The fraction of sp³-hybridized carbons (Fsp3) is 0.500. The van der Waals surface area contributed by atoms with Gasteiger partial charge in [-0.1, -0.05) is 13.3 Å². The number of anilines is 1. The number of aliphatic hydroxyl groups excluding tert-OH is 1. The first kappa shape index (κ1) is 8.14. The normalized spacial score (nSPS) is 12.9. The van der Waals surface area contributed by atoms with Crippen LogP contribution in [0, 0.1) is 0 Å². The highest BCUT2D eigenvalue weighted by atomic mass is 16.3. The fourth-order valence-corrected chi connectivity index (χ4v) is 0.945. The van der Waals surface area contributed by atoms with E-state index < -0.39 is 6.23 Å². The third kappa shape index (κ3) is 2.63. The lowest BCUT2D eigenvalue weighted by molar-refractivity contribution is 0.191. The lowest BCUT2D eigenvalue weighted by Crippen LogP contribution is -2.17. The number of H-pyrrole nitrogens is 1. The van der Waals surface area contributed by atoms with Gasteiger partial charge in [0.15, 0.2) is 0 Å². The molecule has 1 aromatic rings. The van der Waals surface area contributed by atoms with E-state index in [4.69, 9.17) is 0 Å². The average Bonchev–Trinajstić information content (AvgIpc) is 2.40. The Morgan fingerprint density at radius 1 is 1.73 bits per heavy atom. The van der Waals surface area contributed by atoms with Gasteiger partial charge in [-0.15, -0.1) is 0 Å². The van der Waals surface area contributed by atoms with Crippen LogP contribution in [0.2, 0.25) is 0 Å². The highest BCUT2D eigenvalue weighted by molar-refractivity contribution is 5.34. The molecule has 0 radical (unpaired) electrons. The topological polar surface area (TPSA) is 48.0 Å². The third-order valence-corrected chi connectivity index (χ3v) is 1.48. The van der Waals surface area contributed by atoms with Crippen LogP contribution in [0.3, 0.4) is 0 Å². The zero-order chi connectivity index (χ0) is 8.10. The van der Waals surface area contributed by atoms with Crippen molar-refractivity contribution in [3.63, 3.8) is 0 Å². The molecule has 1 rings (SSSR count). The summed E-state index contributed by atoms with van der Waals surface area (Å²) in [5, 5.41) is 12.2. The number of aliphatic hydroxyl groups is 1. The van der Waals surface area contributed by atoms with Gasteiger partial charge < -0.3 is 15.4 Å². The van der Waals surface area contributed by atoms with Crippen molar-refractivity contribution >= 4 is 5.82 Å². The molecule has 0 fully saturated rings. The molecule has 0 aromatic carbocycles. The Bertz CT molecular complexity index is 184. The van der Waals surface area contributed by atoms with E-state index in [1.165, 1.54) is 0 Å². The molecule has 0 spiro atoms. The Labute approximate surface area is 66.4 Å². The Kier molecular flexibility index (Phi) is 2.98. The summed E-state index contributed by atoms with van der Waals surface area (Å²) >= 11 is 0. The van der Waals surface area contributed by atoms with Crippen LogP contribution in [0.15, 0.2) is 18.3 Å². The smallest absolute Gasteiger partial charge is 0.125 e. The first-order valence-corrected chi connectivity index (χ1v) is 3.91. The lowest BCUT2D eigenvalue weighted by Gasteiger charge is -2.10. The molecule has 0 amide bonds. The molecule has 0 aliphatic rings. The first-order valence-electron chi connectivity index (χ1n) is 3.91. The van der Waals surface area contributed by atoms with Gasteiger partial charge in [-0.25, -0.2) is 0 Å². The summed E-state index contributed by atoms with van der Waals surface area (Å²) in [6.45, 7) is 2.04. The molecule has 1 aromatic heterocycles. The van der Waals surface area contributed by atoms with Gasteiger partial charge in [0.05, 0.1) is 0 Å². The molecule has 3 nitrogen and oxygen atoms in total. The van der Waals surface area contributed by atoms with Crippen molar-refractivity contribution in [1.29, 1.82) is 0 Å². The number of aromatic nitrogens is 1. The standard InChI is InChI=1S/C8H14N2O/c1-2-4-8(11)10-7-5-3-6-9-7/h3,5-6,8-11H,2,4H2,1H3. The Morgan fingerprint density at radius 2 is 2.55 bits per heavy atom. The van der Waals surface area contributed by atoms with Gasteiger partial charge in [-0.2, -0.15) is 0 Å². The number of hydrogen-bond acceptors (Lipinski definition) is 2. The van der Waals surface area contributed by atoms with Gasteiger partial charge in [0.25, 0.3) is 0 Å². The van der Waals surface area contributed by atoms with Gasteiger partial charge in [0, 0.05) is 6.20 Å². The number of nitrogens with one attached hydrogen (secondary N) is 2. The molecule has 62 valence electrons. The largest absolute Gasteiger partial charge is 0.374 e. The van der Waals surface area contributed by atoms with Crippen molar-refractivity contribution in [2.24, 2.45) is 0 Å². The van der Waals surface area contributed by atoms with Gasteiger partial charge >= 0.3 is 0 Å². The van der Waals surface area contributed by atoms with Gasteiger partial charge in [0.1, 0.15) is 12.0 Å². The molecule has 1 heterocycles. The van der Waals surface area contributed by atoms with E-state index >= 15 is 0 Å². The zero-order valence-electron chi connectivity index (χ0n) is 6.67. The molecule has 1 unspecified atom stereocenters. The Balaban J connectivity index is 2.31. The summed E-state index contributed by atoms with van der Waals surface area (Å²) in [6.07, 6.45) is 3.15. The van der Waals surface area contributed by atoms with Crippen molar-refractivity contribution in [2.75, 3.05) is 5.32 Å². The lowest BCUT2D eigenvalue weighted by atomic mass is 10.3. The summed E-state index contributed by atoms with van der Waals surface area (Å²) < 4.78 is 0. The van der Waals surface area contributed by atoms with Gasteiger partial charge in [-0.05, 0) is 18.6 Å². The molecule has 0 aliphatic carbocycles. The summed E-state index contributed by atoms with van der Waals surface area (Å²) in [5.74, 6) is 0.867. The average molecular weight is 154 g/mol. The van der Waals surface area contributed by atoms with Crippen LogP contribution in [0.1, 0.15) is 19.8 Å². The molecule has 0 saturated heterocycles. The van der Waals surface area contributed by atoms with Crippen LogP contribution in [-0.4, -0.2) is 16.3 Å². The number of rotatable bonds is 4. The Hall–Kier alpha value is -0.960. The fourth-order valence-electron chi connectivity index (χ4n) is 0.945. The molecule has 0 bridgehead atoms. The van der Waals surface area contributed by atoms with Crippen LogP contribution in [0.4, 0.5) is 5.82 Å². The summed E-state index contributed by atoms with van der Waals surface area (Å²) in [7, 11) is 0. The number of aromatic amines is 1. The van der Waals surface area contributed by atoms with E-state index in [9.17, 15) is 5.11 Å². The highest BCUT2D eigenvalue weighted by Gasteiger charge is 2.00. The van der Waals surface area contributed by atoms with Crippen molar-refractivity contribution in [3.05, 3.63) is 18.3 Å². The summed E-state index contributed by atoms with van der Waals surface area (Å²) in [5.41, 5.74) is 0. The minimum absolute atomic E-state index is 0.432. The predicted octanol–water partition coefficient (Wildman–Crippen LogP) is 1.55. The van der Waals surface area contributed by atoms with E-state index in [1.54, 1.807) is 0 Å². The van der Waals surface area contributed by atoms with E-state index in [0.29, 0.717) is 0 Å². The van der Waals surface area contributed by atoms with Crippen molar-refractivity contribution < 1.29 is 5.11 Å². The molecule has 0 aliphatic heterocycles. The maximum atomic E-state index is 9.29. The zero-order valence-corrected chi connectivity index (χ0v) is 6.67. The molecular formula is C8H14N2O. The van der Waals surface area contributed by atoms with E-state index in [0.717, 1.165) is 18.7 Å². The van der Waals surface area contributed by atoms with Crippen LogP contribution in [-0.2, 0) is 0 Å². The van der Waals surface area contributed by atoms with Gasteiger partial charge in [-0.3, -0.25) is 0 Å². The minimum atomic E-state index is -0.432. The molecular weight excluding hydrogens is 140 g/mol. The molecule has 0 saturated carbocycles. The van der Waals surface area contributed by atoms with Crippen LogP contribution in [0.5, 0.6) is 0 Å². The second-order valence-electron chi connectivity index (χ2n) is 2.53. The first-order chi connectivity index (χ1) is 5.33. The second-order valence-corrected chi connectivity index (χ2v) is 2.53. The van der Waals surface area contributed by atoms with E-state index in [2.05, 4.69) is 10.3 Å².